The lowest BCUT2D eigenvalue weighted by atomic mass is 9.98. The smallest absolute Gasteiger partial charge is 0.244 e. The zero-order chi connectivity index (χ0) is 20.9. The molecule has 1 fully saturated rings. The second-order valence-corrected chi connectivity index (χ2v) is 7.76. The van der Waals surface area contributed by atoms with Gasteiger partial charge in [0, 0.05) is 12.1 Å². The van der Waals surface area contributed by atoms with Crippen LogP contribution < -0.4 is 19.5 Å². The van der Waals surface area contributed by atoms with E-state index in [-0.39, 0.29) is 11.9 Å². The maximum atomic E-state index is 12.5. The number of carbonyl (C=O) groups excluding carboxylic acids is 1. The van der Waals surface area contributed by atoms with Crippen LogP contribution in [0.2, 0.25) is 0 Å². The van der Waals surface area contributed by atoms with Gasteiger partial charge in [-0.05, 0) is 36.6 Å². The molecule has 0 aliphatic heterocycles. The van der Waals surface area contributed by atoms with Crippen LogP contribution in [0.4, 0.5) is 0 Å². The molecule has 0 radical (unpaired) electrons. The second kappa shape index (κ2) is 13.1. The van der Waals surface area contributed by atoms with Crippen LogP contribution in [0.1, 0.15) is 76.2 Å². The van der Waals surface area contributed by atoms with Gasteiger partial charge in [-0.3, -0.25) is 4.79 Å². The summed E-state index contributed by atoms with van der Waals surface area (Å²) >= 11 is 0. The molecule has 1 aliphatic rings. The minimum Gasteiger partial charge on any atom is -0.493 e. The number of amides is 1. The molecule has 29 heavy (non-hydrogen) atoms. The standard InChI is InChI=1S/C24H37NO4/c1-27-21-17-19(18-22(28-2)24(21)29-3)15-16-23(26)25-20-13-11-9-7-5-4-6-8-10-12-14-20/h15-18,20H,4-14H2,1-3H3,(H,25,26)/b16-15+. The molecular weight excluding hydrogens is 366 g/mol. The number of nitrogens with one attached hydrogen (secondary N) is 1. The number of methoxy groups -OCH3 is 3. The Morgan fingerprint density at radius 1 is 0.828 bits per heavy atom. The molecule has 0 aromatic heterocycles. The summed E-state index contributed by atoms with van der Waals surface area (Å²) in [5, 5.41) is 3.21. The van der Waals surface area contributed by atoms with E-state index in [9.17, 15) is 4.79 Å². The third kappa shape index (κ3) is 8.00. The summed E-state index contributed by atoms with van der Waals surface area (Å²) in [5.41, 5.74) is 0.827. The van der Waals surface area contributed by atoms with Gasteiger partial charge in [0.05, 0.1) is 21.3 Å². The molecule has 5 nitrogen and oxygen atoms in total. The van der Waals surface area contributed by atoms with Crippen LogP contribution in [0.3, 0.4) is 0 Å². The summed E-state index contributed by atoms with van der Waals surface area (Å²) in [6.07, 6.45) is 17.2. The normalized spacial score (nSPS) is 17.2. The maximum Gasteiger partial charge on any atom is 0.244 e. The molecule has 5 heteroatoms. The number of hydrogen-bond donors (Lipinski definition) is 1. The van der Waals surface area contributed by atoms with Crippen molar-refractivity contribution in [3.05, 3.63) is 23.8 Å². The zero-order valence-electron chi connectivity index (χ0n) is 18.3. The van der Waals surface area contributed by atoms with E-state index in [1.165, 1.54) is 57.8 Å². The number of hydrogen-bond acceptors (Lipinski definition) is 4. The van der Waals surface area contributed by atoms with Crippen LogP contribution in [-0.4, -0.2) is 33.3 Å². The third-order valence-electron chi connectivity index (χ3n) is 5.57. The van der Waals surface area contributed by atoms with Gasteiger partial charge in [-0.15, -0.1) is 0 Å². The van der Waals surface area contributed by atoms with Crippen molar-refractivity contribution in [2.75, 3.05) is 21.3 Å². The van der Waals surface area contributed by atoms with E-state index in [1.54, 1.807) is 33.5 Å². The Labute approximate surface area is 175 Å². The first kappa shape index (κ1) is 23.1. The largest absolute Gasteiger partial charge is 0.493 e. The van der Waals surface area contributed by atoms with Gasteiger partial charge in [-0.2, -0.15) is 0 Å². The van der Waals surface area contributed by atoms with Crippen LogP contribution in [0, 0.1) is 0 Å². The second-order valence-electron chi connectivity index (χ2n) is 7.76. The van der Waals surface area contributed by atoms with Crippen molar-refractivity contribution >= 4 is 12.0 Å². The maximum absolute atomic E-state index is 12.5. The van der Waals surface area contributed by atoms with E-state index in [0.717, 1.165) is 18.4 Å². The van der Waals surface area contributed by atoms with Gasteiger partial charge >= 0.3 is 0 Å². The van der Waals surface area contributed by atoms with E-state index in [2.05, 4.69) is 5.32 Å². The van der Waals surface area contributed by atoms with Crippen molar-refractivity contribution in [3.8, 4) is 17.2 Å². The predicted octanol–water partition coefficient (Wildman–Crippen LogP) is 5.52. The molecule has 0 atom stereocenters. The minimum atomic E-state index is -0.0455. The Balaban J connectivity index is 1.97. The first-order chi connectivity index (χ1) is 14.2. The molecular formula is C24H37NO4. The average Bonchev–Trinajstić information content (AvgIpc) is 2.73. The third-order valence-corrected chi connectivity index (χ3v) is 5.57. The summed E-state index contributed by atoms with van der Waals surface area (Å²) in [6, 6.07) is 3.94. The lowest BCUT2D eigenvalue weighted by Gasteiger charge is -2.18. The molecule has 1 amide bonds. The molecule has 0 bridgehead atoms. The molecule has 1 aliphatic carbocycles. The van der Waals surface area contributed by atoms with Crippen LogP contribution in [0.15, 0.2) is 18.2 Å². The minimum absolute atomic E-state index is 0.0455. The molecule has 0 saturated heterocycles. The van der Waals surface area contributed by atoms with Crippen LogP contribution in [0.5, 0.6) is 17.2 Å². The summed E-state index contributed by atoms with van der Waals surface area (Å²) in [4.78, 5) is 12.5. The SMILES string of the molecule is COc1cc(/C=C/C(=O)NC2CCCCCCCCCCC2)cc(OC)c1OC. The molecule has 0 heterocycles. The van der Waals surface area contributed by atoms with Crippen LogP contribution in [-0.2, 0) is 4.79 Å². The Morgan fingerprint density at radius 3 is 1.76 bits per heavy atom. The van der Waals surface area contributed by atoms with Crippen molar-refractivity contribution in [1.29, 1.82) is 0 Å². The van der Waals surface area contributed by atoms with E-state index in [0.29, 0.717) is 17.2 Å². The summed E-state index contributed by atoms with van der Waals surface area (Å²) < 4.78 is 16.1. The highest BCUT2D eigenvalue weighted by Crippen LogP contribution is 2.38. The highest BCUT2D eigenvalue weighted by molar-refractivity contribution is 5.92. The average molecular weight is 404 g/mol. The quantitative estimate of drug-likeness (QED) is 0.636. The van der Waals surface area contributed by atoms with Gasteiger partial charge < -0.3 is 19.5 Å². The summed E-state index contributed by atoms with van der Waals surface area (Å²) in [7, 11) is 4.74. The molecule has 0 spiro atoms. The monoisotopic (exact) mass is 403 g/mol. The fraction of sp³-hybridized carbons (Fsp3) is 0.625. The number of rotatable bonds is 6. The van der Waals surface area contributed by atoms with Crippen LogP contribution >= 0.6 is 0 Å². The van der Waals surface area contributed by atoms with E-state index in [4.69, 9.17) is 14.2 Å². The molecule has 1 saturated carbocycles. The summed E-state index contributed by atoms with van der Waals surface area (Å²) in [6.45, 7) is 0. The Hall–Kier alpha value is -2.17. The molecule has 1 aromatic rings. The van der Waals surface area contributed by atoms with Gasteiger partial charge in [0.15, 0.2) is 11.5 Å². The highest BCUT2D eigenvalue weighted by atomic mass is 16.5. The lowest BCUT2D eigenvalue weighted by molar-refractivity contribution is -0.117. The molecule has 2 rings (SSSR count). The lowest BCUT2D eigenvalue weighted by Crippen LogP contribution is -2.33. The van der Waals surface area contributed by atoms with Crippen molar-refractivity contribution in [1.82, 2.24) is 5.32 Å². The number of benzene rings is 1. The first-order valence-corrected chi connectivity index (χ1v) is 11.0. The van der Waals surface area contributed by atoms with Crippen molar-refractivity contribution in [2.24, 2.45) is 0 Å². The predicted molar refractivity (Wildman–Crippen MR) is 118 cm³/mol. The van der Waals surface area contributed by atoms with Gasteiger partial charge in [-0.25, -0.2) is 0 Å². The van der Waals surface area contributed by atoms with Crippen molar-refractivity contribution in [2.45, 2.75) is 76.7 Å². The van der Waals surface area contributed by atoms with Crippen molar-refractivity contribution in [3.63, 3.8) is 0 Å². The Morgan fingerprint density at radius 2 is 1.31 bits per heavy atom. The first-order valence-electron chi connectivity index (χ1n) is 11.0. The van der Waals surface area contributed by atoms with Gasteiger partial charge in [-0.1, -0.05) is 57.8 Å². The zero-order valence-corrected chi connectivity index (χ0v) is 18.3. The van der Waals surface area contributed by atoms with E-state index >= 15 is 0 Å². The number of ether oxygens (including phenoxy) is 3. The van der Waals surface area contributed by atoms with Gasteiger partial charge in [0.2, 0.25) is 11.7 Å². The fourth-order valence-corrected chi connectivity index (χ4v) is 3.93. The van der Waals surface area contributed by atoms with E-state index in [1.807, 2.05) is 12.1 Å². The summed E-state index contributed by atoms with van der Waals surface area (Å²) in [5.74, 6) is 1.65. The van der Waals surface area contributed by atoms with E-state index < -0.39 is 0 Å². The fourth-order valence-electron chi connectivity index (χ4n) is 3.93. The van der Waals surface area contributed by atoms with Crippen molar-refractivity contribution < 1.29 is 19.0 Å². The molecule has 1 aromatic carbocycles. The van der Waals surface area contributed by atoms with Gasteiger partial charge in [0.25, 0.3) is 0 Å². The van der Waals surface area contributed by atoms with Gasteiger partial charge in [0.1, 0.15) is 0 Å². The topological polar surface area (TPSA) is 56.8 Å². The Kier molecular flexibility index (Phi) is 10.5. The van der Waals surface area contributed by atoms with Crippen LogP contribution in [0.25, 0.3) is 6.08 Å². The molecule has 0 unspecified atom stereocenters. The molecule has 162 valence electrons. The highest BCUT2D eigenvalue weighted by Gasteiger charge is 2.13. The Bertz CT molecular complexity index is 619. The number of carbonyl (C=O) groups is 1. The molecule has 1 N–H and O–H groups in total.